The van der Waals surface area contributed by atoms with E-state index in [1.807, 2.05) is 0 Å². The first-order chi connectivity index (χ1) is 48.2. The third-order valence-electron chi connectivity index (χ3n) is 16.2. The van der Waals surface area contributed by atoms with Crippen molar-refractivity contribution in [1.29, 1.82) is 0 Å². The Hall–Kier alpha value is -4.05. The highest BCUT2D eigenvalue weighted by Crippen LogP contribution is 2.45. The van der Waals surface area contributed by atoms with E-state index in [-0.39, 0.29) is 19.3 Å². The number of carbonyl (C=O) groups excluding carboxylic acids is 3. The molecule has 0 aromatic rings. The summed E-state index contributed by atoms with van der Waals surface area (Å²) in [6, 6.07) is 0. The first kappa shape index (κ1) is 94.9. The van der Waals surface area contributed by atoms with Crippen LogP contribution in [-0.4, -0.2) is 95.9 Å². The highest BCUT2D eigenvalue weighted by molar-refractivity contribution is 7.47. The number of esters is 3. The van der Waals surface area contributed by atoms with Gasteiger partial charge in [0.05, 0.1) is 26.4 Å². The number of allylic oxidation sites excluding steroid dienone is 20. The zero-order valence-corrected chi connectivity index (χ0v) is 63.9. The summed E-state index contributed by atoms with van der Waals surface area (Å²) in [6.07, 6.45) is 86.9. The van der Waals surface area contributed by atoms with Crippen LogP contribution in [-0.2, 0) is 55.8 Å². The van der Waals surface area contributed by atoms with Crippen LogP contribution >= 0.6 is 15.6 Å². The van der Waals surface area contributed by atoms with Crippen LogP contribution < -0.4 is 0 Å². The molecule has 0 saturated carbocycles. The topological polar surface area (TPSA) is 231 Å². The van der Waals surface area contributed by atoms with E-state index in [9.17, 15) is 43.5 Å². The molecule has 0 aliphatic heterocycles. The van der Waals surface area contributed by atoms with Crippen molar-refractivity contribution in [2.75, 3.05) is 39.6 Å². The standard InChI is InChI=1S/C81H140O16P2/c1-4-7-10-13-16-19-22-25-27-29-31-32-33-34-35-36-37-38-39-40-41-42-44-46-47-50-52-55-58-61-64-67-79(84)91-70-76(82)71-93-98(87,88)94-72-77(83)73-95-99(89,90)96-75-78(97-81(86)69-66-63-60-57-54-49-24-21-18-15-12-9-6-3)74-92-80(85)68-65-62-59-56-53-51-48-45-43-30-28-26-23-20-17-14-11-8-5-2/h7-8,10-11,16-17,19-21,24-28,31-32,34-35,43,45,76-78,82-83H,4-6,9,12-15,18,22-23,29-30,33,36-42,44,46-75H2,1-3H3,(H,87,88)(H,89,90)/b10-7-,11-8-,19-16-,20-17-,24-21-,27-25-,28-26-,32-31-,35-34-,45-43-. The molecule has 0 aliphatic carbocycles. The number of unbranched alkanes of at least 4 members (excludes halogenated alkanes) is 30. The van der Waals surface area contributed by atoms with Crippen molar-refractivity contribution in [2.24, 2.45) is 0 Å². The normalized spacial score (nSPS) is 14.7. The van der Waals surface area contributed by atoms with Crippen molar-refractivity contribution in [3.63, 3.8) is 0 Å². The molecule has 5 unspecified atom stereocenters. The lowest BCUT2D eigenvalue weighted by Gasteiger charge is -2.21. The molecular weight excluding hydrogens is 1290 g/mol. The van der Waals surface area contributed by atoms with Gasteiger partial charge in [0.25, 0.3) is 0 Å². The average Bonchev–Trinajstić information content (AvgIpc) is 1.02. The van der Waals surface area contributed by atoms with Crippen LogP contribution in [0.25, 0.3) is 0 Å². The maximum atomic E-state index is 12.9. The highest BCUT2D eigenvalue weighted by atomic mass is 31.2. The van der Waals surface area contributed by atoms with E-state index < -0.39 is 91.5 Å². The van der Waals surface area contributed by atoms with Gasteiger partial charge >= 0.3 is 33.6 Å². The Bertz CT molecular complexity index is 2290. The molecule has 0 aliphatic rings. The number of hydrogen-bond donors (Lipinski definition) is 4. The summed E-state index contributed by atoms with van der Waals surface area (Å²) in [5, 5.41) is 20.6. The highest BCUT2D eigenvalue weighted by Gasteiger charge is 2.29. The van der Waals surface area contributed by atoms with Crippen molar-refractivity contribution in [3.8, 4) is 0 Å². The lowest BCUT2D eigenvalue weighted by atomic mass is 10.0. The molecule has 0 fully saturated rings. The SMILES string of the molecule is CC/C=C\C/C=C\C/C=C\C/C=C\C/C=C\CCCCCCCCCCCCCCCCCC(=O)OCC(O)COP(=O)(O)OCC(O)COP(=O)(O)OCC(COC(=O)CCCCCCCC/C=C\C/C=C\C/C=C\C/C=C\CC)OC(=O)CCCCCCC/C=C\CCCCCC. The second-order valence-electron chi connectivity index (χ2n) is 25.7. The van der Waals surface area contributed by atoms with Crippen molar-refractivity contribution in [2.45, 2.75) is 334 Å². The van der Waals surface area contributed by atoms with Gasteiger partial charge < -0.3 is 34.2 Å². The predicted octanol–water partition coefficient (Wildman–Crippen LogP) is 22.5. The van der Waals surface area contributed by atoms with E-state index in [4.69, 9.17) is 32.3 Å². The number of phosphoric ester groups is 2. The number of rotatable bonds is 73. The van der Waals surface area contributed by atoms with E-state index in [1.54, 1.807) is 0 Å². The first-order valence-electron chi connectivity index (χ1n) is 38.8. The lowest BCUT2D eigenvalue weighted by molar-refractivity contribution is -0.161. The second-order valence-corrected chi connectivity index (χ2v) is 28.7. The van der Waals surface area contributed by atoms with Gasteiger partial charge in [-0.25, -0.2) is 9.13 Å². The van der Waals surface area contributed by atoms with Gasteiger partial charge in [0, 0.05) is 19.3 Å². The Kier molecular flexibility index (Phi) is 70.7. The molecule has 0 bridgehead atoms. The summed E-state index contributed by atoms with van der Waals surface area (Å²) in [5.74, 6) is -1.60. The Morgan fingerprint density at radius 2 is 0.535 bits per heavy atom. The minimum absolute atomic E-state index is 0.0902. The average molecular weight is 1430 g/mol. The molecule has 16 nitrogen and oxygen atoms in total. The molecule has 99 heavy (non-hydrogen) atoms. The molecule has 0 heterocycles. The van der Waals surface area contributed by atoms with Crippen LogP contribution in [0.15, 0.2) is 122 Å². The minimum atomic E-state index is -4.93. The van der Waals surface area contributed by atoms with Gasteiger partial charge in [-0.2, -0.15) is 0 Å². The zero-order valence-electron chi connectivity index (χ0n) is 62.1. The molecule has 0 saturated heterocycles. The third-order valence-corrected chi connectivity index (χ3v) is 18.1. The Morgan fingerprint density at radius 1 is 0.293 bits per heavy atom. The molecular formula is C81H140O16P2. The van der Waals surface area contributed by atoms with Gasteiger partial charge in [-0.05, 0) is 128 Å². The Morgan fingerprint density at radius 3 is 0.859 bits per heavy atom. The monoisotopic (exact) mass is 1430 g/mol. The van der Waals surface area contributed by atoms with E-state index in [2.05, 4.69) is 142 Å². The Balaban J connectivity index is 4.44. The van der Waals surface area contributed by atoms with Crippen LogP contribution in [0.4, 0.5) is 0 Å². The van der Waals surface area contributed by atoms with Gasteiger partial charge in [-0.1, -0.05) is 290 Å². The smallest absolute Gasteiger partial charge is 0.463 e. The summed E-state index contributed by atoms with van der Waals surface area (Å²) in [6.45, 7) is 2.42. The van der Waals surface area contributed by atoms with E-state index in [0.717, 1.165) is 154 Å². The molecule has 18 heteroatoms. The molecule has 0 amide bonds. The Labute approximate surface area is 602 Å². The van der Waals surface area contributed by atoms with Crippen molar-refractivity contribution >= 4 is 33.6 Å². The fourth-order valence-electron chi connectivity index (χ4n) is 10.3. The van der Waals surface area contributed by atoms with Crippen LogP contribution in [0.3, 0.4) is 0 Å². The van der Waals surface area contributed by atoms with Gasteiger partial charge in [-0.3, -0.25) is 32.5 Å². The summed E-state index contributed by atoms with van der Waals surface area (Å²) in [7, 11) is -9.79. The molecule has 570 valence electrons. The largest absolute Gasteiger partial charge is 0.472 e. The number of aliphatic hydroxyl groups excluding tert-OH is 2. The summed E-state index contributed by atoms with van der Waals surface area (Å²) in [5.41, 5.74) is 0. The summed E-state index contributed by atoms with van der Waals surface area (Å²) < 4.78 is 61.0. The third kappa shape index (κ3) is 74.9. The van der Waals surface area contributed by atoms with Gasteiger partial charge in [0.15, 0.2) is 6.10 Å². The van der Waals surface area contributed by atoms with Crippen LogP contribution in [0, 0.1) is 0 Å². The zero-order chi connectivity index (χ0) is 72.3. The van der Waals surface area contributed by atoms with Crippen molar-refractivity contribution in [3.05, 3.63) is 122 Å². The van der Waals surface area contributed by atoms with E-state index >= 15 is 0 Å². The van der Waals surface area contributed by atoms with E-state index in [0.29, 0.717) is 19.3 Å². The predicted molar refractivity (Wildman–Crippen MR) is 408 cm³/mol. The summed E-state index contributed by atoms with van der Waals surface area (Å²) >= 11 is 0. The number of carbonyl (C=O) groups is 3. The number of phosphoric acid groups is 2. The maximum absolute atomic E-state index is 12.9. The number of ether oxygens (including phenoxy) is 3. The quantitative estimate of drug-likeness (QED) is 0.0146. The molecule has 0 aromatic heterocycles. The fraction of sp³-hybridized carbons (Fsp3) is 0.716. The lowest BCUT2D eigenvalue weighted by Crippen LogP contribution is -2.30. The molecule has 0 radical (unpaired) electrons. The molecule has 0 rings (SSSR count). The number of aliphatic hydroxyl groups is 2. The summed E-state index contributed by atoms with van der Waals surface area (Å²) in [4.78, 5) is 58.5. The van der Waals surface area contributed by atoms with Gasteiger partial charge in [0.1, 0.15) is 25.4 Å². The van der Waals surface area contributed by atoms with Gasteiger partial charge in [0.2, 0.25) is 0 Å². The molecule has 0 aromatic carbocycles. The van der Waals surface area contributed by atoms with Gasteiger partial charge in [-0.15, -0.1) is 0 Å². The maximum Gasteiger partial charge on any atom is 0.472 e. The van der Waals surface area contributed by atoms with Crippen LogP contribution in [0.1, 0.15) is 316 Å². The molecule has 4 N–H and O–H groups in total. The van der Waals surface area contributed by atoms with Crippen molar-refractivity contribution in [1.82, 2.24) is 0 Å². The minimum Gasteiger partial charge on any atom is -0.463 e. The van der Waals surface area contributed by atoms with Crippen LogP contribution in [0.5, 0.6) is 0 Å². The first-order valence-corrected chi connectivity index (χ1v) is 41.8. The van der Waals surface area contributed by atoms with Crippen molar-refractivity contribution < 1.29 is 75.8 Å². The fourth-order valence-corrected chi connectivity index (χ4v) is 11.9. The second kappa shape index (κ2) is 73.7. The van der Waals surface area contributed by atoms with E-state index in [1.165, 1.54) is 103 Å². The van der Waals surface area contributed by atoms with Crippen LogP contribution in [0.2, 0.25) is 0 Å². The number of hydrogen-bond acceptors (Lipinski definition) is 14. The molecule has 5 atom stereocenters. The molecule has 0 spiro atoms.